The van der Waals surface area contributed by atoms with Crippen molar-refractivity contribution in [3.63, 3.8) is 0 Å². The third kappa shape index (κ3) is 17.8. The van der Waals surface area contributed by atoms with Gasteiger partial charge in [0, 0.05) is 12.8 Å². The van der Waals surface area contributed by atoms with E-state index in [0.29, 0.717) is 5.56 Å². The molecule has 8 atom stereocenters. The van der Waals surface area contributed by atoms with Crippen LogP contribution in [-0.2, 0) is 49.6 Å². The van der Waals surface area contributed by atoms with Gasteiger partial charge in [0.1, 0.15) is 42.3 Å². The summed E-state index contributed by atoms with van der Waals surface area (Å²) >= 11 is 0. The van der Waals surface area contributed by atoms with Crippen molar-refractivity contribution in [3.8, 4) is 0 Å². The first kappa shape index (κ1) is 49.3. The maximum Gasteiger partial charge on any atom is 0.326 e. The van der Waals surface area contributed by atoms with E-state index in [-0.39, 0.29) is 18.8 Å². The van der Waals surface area contributed by atoms with Crippen molar-refractivity contribution in [3.05, 3.63) is 35.9 Å². The van der Waals surface area contributed by atoms with E-state index >= 15 is 0 Å². The molecule has 0 bridgehead atoms. The number of benzene rings is 1. The molecule has 1 rings (SSSR count). The Morgan fingerprint density at radius 2 is 1.11 bits per heavy atom. The molecule has 0 heterocycles. The molecule has 57 heavy (non-hydrogen) atoms. The molecule has 318 valence electrons. The van der Waals surface area contributed by atoms with Crippen molar-refractivity contribution in [2.75, 3.05) is 6.61 Å². The summed E-state index contributed by atoms with van der Waals surface area (Å²) in [7, 11) is 0. The first-order valence-electron chi connectivity index (χ1n) is 18.1. The van der Waals surface area contributed by atoms with Crippen molar-refractivity contribution in [1.29, 1.82) is 0 Å². The Kier molecular flexibility index (Phi) is 20.8. The van der Waals surface area contributed by atoms with Crippen LogP contribution in [0.5, 0.6) is 0 Å². The van der Waals surface area contributed by atoms with Gasteiger partial charge >= 0.3 is 17.9 Å². The number of hydrogen-bond acceptors (Lipinski definition) is 12. The molecule has 0 saturated carbocycles. The molecular weight excluding hydrogens is 754 g/mol. The molecule has 0 saturated heterocycles. The summed E-state index contributed by atoms with van der Waals surface area (Å²) in [4.78, 5) is 114. The number of carboxylic acids is 3. The summed E-state index contributed by atoms with van der Waals surface area (Å²) in [5.74, 6) is -11.6. The number of aliphatic carboxylic acids is 3. The highest BCUT2D eigenvalue weighted by Gasteiger charge is 2.35. The minimum absolute atomic E-state index is 0.0131. The number of aliphatic hydroxyl groups excluding tert-OH is 2. The molecule has 1 aromatic rings. The van der Waals surface area contributed by atoms with Gasteiger partial charge in [0.15, 0.2) is 0 Å². The van der Waals surface area contributed by atoms with E-state index in [2.05, 4.69) is 31.9 Å². The maximum atomic E-state index is 13.4. The zero-order chi connectivity index (χ0) is 43.6. The van der Waals surface area contributed by atoms with Crippen molar-refractivity contribution in [2.45, 2.75) is 115 Å². The normalized spacial score (nSPS) is 15.3. The molecule has 0 radical (unpaired) electrons. The molecule has 0 aliphatic carbocycles. The number of rotatable bonds is 25. The van der Waals surface area contributed by atoms with E-state index in [1.54, 1.807) is 44.2 Å². The Hall–Kier alpha value is -5.67. The predicted molar refractivity (Wildman–Crippen MR) is 200 cm³/mol. The fourth-order valence-electron chi connectivity index (χ4n) is 5.22. The number of amides is 6. The largest absolute Gasteiger partial charge is 0.481 e. The summed E-state index contributed by atoms with van der Waals surface area (Å²) < 4.78 is 0. The average Bonchev–Trinajstić information content (AvgIpc) is 3.12. The van der Waals surface area contributed by atoms with Crippen LogP contribution in [0.15, 0.2) is 30.3 Å². The summed E-state index contributed by atoms with van der Waals surface area (Å²) in [6.45, 7) is 6.66. The molecule has 0 aliphatic rings. The van der Waals surface area contributed by atoms with Gasteiger partial charge in [0.05, 0.1) is 19.1 Å². The number of carbonyl (C=O) groups is 9. The van der Waals surface area contributed by atoms with Crippen LogP contribution in [0.1, 0.15) is 65.9 Å². The lowest BCUT2D eigenvalue weighted by atomic mass is 10.0. The Balaban J connectivity index is 3.22. The topological polar surface area (TPSA) is 353 Å². The lowest BCUT2D eigenvalue weighted by Gasteiger charge is -2.28. The van der Waals surface area contributed by atoms with E-state index in [1.165, 1.54) is 20.8 Å². The number of aliphatic hydroxyl groups is 2. The quantitative estimate of drug-likeness (QED) is 0.0467. The number of hydrogen-bond donors (Lipinski definition) is 12. The van der Waals surface area contributed by atoms with E-state index < -0.39 is 134 Å². The lowest BCUT2D eigenvalue weighted by Crippen LogP contribution is -2.61. The van der Waals surface area contributed by atoms with Gasteiger partial charge in [-0.2, -0.15) is 0 Å². The van der Waals surface area contributed by atoms with Gasteiger partial charge in [0.25, 0.3) is 0 Å². The number of carbonyl (C=O) groups excluding carboxylic acids is 6. The average molecular weight is 810 g/mol. The van der Waals surface area contributed by atoms with Crippen molar-refractivity contribution >= 4 is 53.4 Å². The molecule has 21 heteroatoms. The third-order valence-electron chi connectivity index (χ3n) is 8.41. The fourth-order valence-corrected chi connectivity index (χ4v) is 5.22. The molecule has 0 aliphatic heterocycles. The molecule has 21 nitrogen and oxygen atoms in total. The third-order valence-corrected chi connectivity index (χ3v) is 8.41. The SMILES string of the molecule is CC(C)C[C@H](NC(=O)[C@@H](N)[C@@H](C)O)C(=O)N[C@@H](CCC(=O)O)C(=O)N[C@@H](CC(=O)O)C(=O)N[C@@H](CO)C(=O)N[C@H](C(=O)N[C@@H](Cc1ccccc1)C(=O)O)C(C)C. The van der Waals surface area contributed by atoms with E-state index in [9.17, 15) is 68.7 Å². The number of nitrogens with two attached hydrogens (primary N) is 1. The van der Waals surface area contributed by atoms with Crippen LogP contribution in [0.4, 0.5) is 0 Å². The maximum absolute atomic E-state index is 13.4. The van der Waals surface area contributed by atoms with Crippen LogP contribution in [0.3, 0.4) is 0 Å². The standard InChI is InChI=1S/C36H55N7O14/c1-17(2)13-22(40-34(54)28(37)19(5)45)31(51)38-21(11-12-26(46)47)30(50)39-23(15-27(48)49)32(52)42-25(16-44)33(53)43-29(18(3)4)35(55)41-24(36(56)57)14-20-9-7-6-8-10-20/h6-10,17-19,21-25,28-29,44-45H,11-16,37H2,1-5H3,(H,38,51)(H,39,50)(H,40,54)(H,41,55)(H,42,52)(H,43,53)(H,46,47)(H,48,49)(H,56,57)/t19-,21+,22+,23+,24+,25+,28+,29+/m1/s1. The highest BCUT2D eigenvalue weighted by Crippen LogP contribution is 2.10. The monoisotopic (exact) mass is 809 g/mol. The summed E-state index contributed by atoms with van der Waals surface area (Å²) in [6.07, 6.45) is -3.68. The van der Waals surface area contributed by atoms with Crippen LogP contribution in [0.25, 0.3) is 0 Å². The minimum Gasteiger partial charge on any atom is -0.481 e. The first-order valence-corrected chi connectivity index (χ1v) is 18.1. The van der Waals surface area contributed by atoms with E-state index in [4.69, 9.17) is 5.73 Å². The summed E-state index contributed by atoms with van der Waals surface area (Å²) in [6, 6.07) is -2.56. The van der Waals surface area contributed by atoms with Gasteiger partial charge in [0.2, 0.25) is 35.4 Å². The lowest BCUT2D eigenvalue weighted by molar-refractivity contribution is -0.142. The summed E-state index contributed by atoms with van der Waals surface area (Å²) in [5, 5.41) is 61.8. The number of carboxylic acid groups (broad SMARTS) is 3. The molecule has 0 spiro atoms. The smallest absolute Gasteiger partial charge is 0.326 e. The van der Waals surface area contributed by atoms with Crippen LogP contribution in [0, 0.1) is 11.8 Å². The molecule has 0 aromatic heterocycles. The van der Waals surface area contributed by atoms with Gasteiger partial charge in [-0.05, 0) is 37.2 Å². The summed E-state index contributed by atoms with van der Waals surface area (Å²) in [5.41, 5.74) is 6.28. The van der Waals surface area contributed by atoms with Crippen LogP contribution >= 0.6 is 0 Å². The molecule has 0 unspecified atom stereocenters. The van der Waals surface area contributed by atoms with E-state index in [0.717, 1.165) is 0 Å². The molecular formula is C36H55N7O14. The minimum atomic E-state index is -1.96. The Morgan fingerprint density at radius 3 is 1.60 bits per heavy atom. The van der Waals surface area contributed by atoms with Crippen LogP contribution in [-0.4, -0.2) is 134 Å². The van der Waals surface area contributed by atoms with Gasteiger partial charge < -0.3 is 63.2 Å². The predicted octanol–water partition coefficient (Wildman–Crippen LogP) is -3.04. The Bertz CT molecular complexity index is 1570. The highest BCUT2D eigenvalue weighted by molar-refractivity contribution is 5.98. The molecule has 1 aromatic carbocycles. The van der Waals surface area contributed by atoms with Crippen molar-refractivity contribution in [1.82, 2.24) is 31.9 Å². The zero-order valence-corrected chi connectivity index (χ0v) is 32.4. The Morgan fingerprint density at radius 1 is 0.614 bits per heavy atom. The van der Waals surface area contributed by atoms with Crippen LogP contribution in [0.2, 0.25) is 0 Å². The van der Waals surface area contributed by atoms with Gasteiger partial charge in [-0.25, -0.2) is 4.79 Å². The van der Waals surface area contributed by atoms with Crippen LogP contribution < -0.4 is 37.6 Å². The number of nitrogens with one attached hydrogen (secondary N) is 6. The van der Waals surface area contributed by atoms with Gasteiger partial charge in [-0.15, -0.1) is 0 Å². The zero-order valence-electron chi connectivity index (χ0n) is 32.4. The van der Waals surface area contributed by atoms with Gasteiger partial charge in [-0.3, -0.25) is 38.4 Å². The second-order valence-electron chi connectivity index (χ2n) is 14.2. The highest BCUT2D eigenvalue weighted by atomic mass is 16.4. The van der Waals surface area contributed by atoms with Gasteiger partial charge in [-0.1, -0.05) is 58.0 Å². The fraction of sp³-hybridized carbons (Fsp3) is 0.583. The van der Waals surface area contributed by atoms with E-state index in [1.807, 2.05) is 0 Å². The van der Waals surface area contributed by atoms with Crippen molar-refractivity contribution < 1.29 is 68.7 Å². The molecule has 6 amide bonds. The molecule has 0 fully saturated rings. The molecule has 13 N–H and O–H groups in total. The second-order valence-corrected chi connectivity index (χ2v) is 14.2. The first-order chi connectivity index (χ1) is 26.6. The second kappa shape index (κ2) is 24.1. The van der Waals surface area contributed by atoms with Crippen molar-refractivity contribution in [2.24, 2.45) is 17.6 Å². The Labute approximate surface area is 328 Å².